The van der Waals surface area contributed by atoms with Crippen LogP contribution in [0.15, 0.2) is 73.1 Å². The summed E-state index contributed by atoms with van der Waals surface area (Å²) >= 11 is 1.39. The van der Waals surface area contributed by atoms with Crippen LogP contribution in [0.1, 0.15) is 59.8 Å². The molecule has 0 aliphatic carbocycles. The van der Waals surface area contributed by atoms with Gasteiger partial charge in [-0.15, -0.1) is 11.3 Å². The minimum absolute atomic E-state index is 0.0848. The molecule has 0 radical (unpaired) electrons. The van der Waals surface area contributed by atoms with Gasteiger partial charge >= 0.3 is 12.1 Å². The van der Waals surface area contributed by atoms with E-state index in [1.54, 1.807) is 30.3 Å². The standard InChI is InChI=1S/C33H32F3N3O4S/c1-19(31(42)43)39-30(41)23(16-26(40)27-13-14-28(44-27)32(2,3)4)15-20-5-7-22(8-6-20)29-37-17-24(18-38-29)21-9-11-25(12-10-21)33(34,35)36/h5-14,17-19,23H,15-16H2,1-4H3,(H,39,41)(H,42,43)/t19-,23-/m1/s1. The zero-order chi connectivity index (χ0) is 32.2. The summed E-state index contributed by atoms with van der Waals surface area (Å²) in [7, 11) is 0. The Morgan fingerprint density at radius 2 is 1.45 bits per heavy atom. The molecular weight excluding hydrogens is 591 g/mol. The number of rotatable bonds is 10. The van der Waals surface area contributed by atoms with Crippen LogP contribution in [0.25, 0.3) is 22.5 Å². The molecule has 0 saturated carbocycles. The van der Waals surface area contributed by atoms with Crippen molar-refractivity contribution in [1.29, 1.82) is 0 Å². The number of ketones is 1. The van der Waals surface area contributed by atoms with Gasteiger partial charge in [-0.2, -0.15) is 13.2 Å². The van der Waals surface area contributed by atoms with Crippen LogP contribution in [0.4, 0.5) is 13.2 Å². The van der Waals surface area contributed by atoms with E-state index in [4.69, 9.17) is 0 Å². The highest BCUT2D eigenvalue weighted by atomic mass is 32.1. The van der Waals surface area contributed by atoms with E-state index in [0.29, 0.717) is 27.4 Å². The second kappa shape index (κ2) is 13.1. The van der Waals surface area contributed by atoms with Gasteiger partial charge in [0.1, 0.15) is 6.04 Å². The number of carbonyl (C=O) groups excluding carboxylic acids is 2. The first-order valence-corrected chi connectivity index (χ1v) is 14.7. The van der Waals surface area contributed by atoms with Crippen molar-refractivity contribution in [1.82, 2.24) is 15.3 Å². The van der Waals surface area contributed by atoms with Crippen LogP contribution in [0.3, 0.4) is 0 Å². The van der Waals surface area contributed by atoms with Crippen molar-refractivity contribution in [2.75, 3.05) is 0 Å². The van der Waals surface area contributed by atoms with Crippen molar-refractivity contribution in [2.24, 2.45) is 5.92 Å². The zero-order valence-corrected chi connectivity index (χ0v) is 25.4. The molecular formula is C33H32F3N3O4S. The quantitative estimate of drug-likeness (QED) is 0.181. The van der Waals surface area contributed by atoms with Gasteiger partial charge in [-0.3, -0.25) is 14.4 Å². The number of nitrogens with one attached hydrogen (secondary N) is 1. The van der Waals surface area contributed by atoms with Gasteiger partial charge in [0.05, 0.1) is 10.4 Å². The van der Waals surface area contributed by atoms with Crippen molar-refractivity contribution in [3.05, 3.63) is 93.9 Å². The number of hydrogen-bond donors (Lipinski definition) is 2. The molecule has 0 spiro atoms. The fraction of sp³-hybridized carbons (Fsp3) is 0.303. The van der Waals surface area contributed by atoms with E-state index in [9.17, 15) is 32.7 Å². The molecule has 0 saturated heterocycles. The average molecular weight is 624 g/mol. The van der Waals surface area contributed by atoms with E-state index in [1.165, 1.54) is 42.8 Å². The van der Waals surface area contributed by atoms with Crippen molar-refractivity contribution < 1.29 is 32.7 Å². The van der Waals surface area contributed by atoms with Gasteiger partial charge in [0.15, 0.2) is 11.6 Å². The number of halogens is 3. The van der Waals surface area contributed by atoms with Gasteiger partial charge in [-0.1, -0.05) is 57.2 Å². The van der Waals surface area contributed by atoms with Gasteiger partial charge in [0.25, 0.3) is 0 Å². The Morgan fingerprint density at radius 3 is 1.98 bits per heavy atom. The Morgan fingerprint density at radius 1 is 0.864 bits per heavy atom. The minimum Gasteiger partial charge on any atom is -0.480 e. The SMILES string of the molecule is C[C@@H](NC(=O)[C@@H](CC(=O)c1ccc(C(C)(C)C)s1)Cc1ccc(-c2ncc(-c3ccc(C(F)(F)F)cc3)cn2)cc1)C(=O)O. The number of carboxylic acid groups (broad SMARTS) is 1. The number of benzene rings is 2. The van der Waals surface area contributed by atoms with Crippen molar-refractivity contribution >= 4 is 29.0 Å². The second-order valence-corrected chi connectivity index (χ2v) is 12.7. The zero-order valence-electron chi connectivity index (χ0n) is 24.6. The first kappa shape index (κ1) is 32.5. The maximum absolute atomic E-state index is 13.2. The van der Waals surface area contributed by atoms with Crippen LogP contribution in [-0.2, 0) is 27.6 Å². The monoisotopic (exact) mass is 623 g/mol. The highest BCUT2D eigenvalue weighted by Crippen LogP contribution is 2.32. The number of Topliss-reactive ketones (excluding diaryl/α,β-unsaturated/α-hetero) is 1. The summed E-state index contributed by atoms with van der Waals surface area (Å²) in [5.41, 5.74) is 1.69. The van der Waals surface area contributed by atoms with Crippen molar-refractivity contribution in [2.45, 2.75) is 58.2 Å². The summed E-state index contributed by atoms with van der Waals surface area (Å²) < 4.78 is 38.6. The number of thiophene rings is 1. The molecule has 1 amide bonds. The van der Waals surface area contributed by atoms with Crippen LogP contribution in [0.5, 0.6) is 0 Å². The van der Waals surface area contributed by atoms with E-state index in [-0.39, 0.29) is 24.0 Å². The Hall–Kier alpha value is -4.38. The summed E-state index contributed by atoms with van der Waals surface area (Å²) in [4.78, 5) is 47.9. The lowest BCUT2D eigenvalue weighted by molar-refractivity contribution is -0.141. The third kappa shape index (κ3) is 8.16. The van der Waals surface area contributed by atoms with Crippen LogP contribution >= 0.6 is 11.3 Å². The predicted octanol–water partition coefficient (Wildman–Crippen LogP) is 7.21. The summed E-state index contributed by atoms with van der Waals surface area (Å²) in [6.45, 7) is 7.53. The van der Waals surface area contributed by atoms with Crippen molar-refractivity contribution in [3.8, 4) is 22.5 Å². The number of carbonyl (C=O) groups is 3. The van der Waals surface area contributed by atoms with E-state index in [2.05, 4.69) is 36.1 Å². The Kier molecular flexibility index (Phi) is 9.68. The number of hydrogen-bond acceptors (Lipinski definition) is 6. The third-order valence-electron chi connectivity index (χ3n) is 7.04. The van der Waals surface area contributed by atoms with Crippen LogP contribution < -0.4 is 5.32 Å². The maximum Gasteiger partial charge on any atom is 0.416 e. The van der Waals surface area contributed by atoms with Gasteiger partial charge in [0, 0.05) is 40.7 Å². The number of alkyl halides is 3. The van der Waals surface area contributed by atoms with Crippen molar-refractivity contribution in [3.63, 3.8) is 0 Å². The smallest absolute Gasteiger partial charge is 0.416 e. The van der Waals surface area contributed by atoms with Gasteiger partial charge < -0.3 is 10.4 Å². The highest BCUT2D eigenvalue weighted by molar-refractivity contribution is 7.14. The lowest BCUT2D eigenvalue weighted by Gasteiger charge is -2.18. The molecule has 4 aromatic rings. The van der Waals surface area contributed by atoms with Crippen LogP contribution in [0, 0.1) is 5.92 Å². The number of aliphatic carboxylic acids is 1. The fourth-order valence-electron chi connectivity index (χ4n) is 4.42. The summed E-state index contributed by atoms with van der Waals surface area (Å²) in [6, 6.07) is 14.4. The molecule has 2 aromatic heterocycles. The lowest BCUT2D eigenvalue weighted by atomic mass is 9.92. The summed E-state index contributed by atoms with van der Waals surface area (Å²) in [5, 5.41) is 11.8. The number of nitrogens with zero attached hydrogens (tertiary/aromatic N) is 2. The van der Waals surface area contributed by atoms with Crippen LogP contribution in [0.2, 0.25) is 0 Å². The lowest BCUT2D eigenvalue weighted by Crippen LogP contribution is -2.42. The Bertz CT molecular complexity index is 1630. The molecule has 2 aromatic carbocycles. The molecule has 11 heteroatoms. The first-order valence-electron chi connectivity index (χ1n) is 13.9. The van der Waals surface area contributed by atoms with Gasteiger partial charge in [-0.25, -0.2) is 9.97 Å². The normalized spacial score (nSPS) is 13.2. The summed E-state index contributed by atoms with van der Waals surface area (Å²) in [6.07, 6.45) is -1.23. The second-order valence-electron chi connectivity index (χ2n) is 11.6. The van der Waals surface area contributed by atoms with E-state index in [0.717, 1.165) is 22.6 Å². The molecule has 7 nitrogen and oxygen atoms in total. The molecule has 2 N–H and O–H groups in total. The number of aromatic nitrogens is 2. The molecule has 2 atom stereocenters. The molecule has 0 aliphatic rings. The largest absolute Gasteiger partial charge is 0.480 e. The molecule has 44 heavy (non-hydrogen) atoms. The summed E-state index contributed by atoms with van der Waals surface area (Å²) in [5.74, 6) is -2.28. The number of amides is 1. The van der Waals surface area contributed by atoms with Gasteiger partial charge in [-0.05, 0) is 54.2 Å². The molecule has 0 unspecified atom stereocenters. The number of carboxylic acids is 1. The predicted molar refractivity (Wildman–Crippen MR) is 162 cm³/mol. The first-order chi connectivity index (χ1) is 20.6. The Balaban J connectivity index is 1.49. The molecule has 0 aliphatic heterocycles. The third-order valence-corrected chi connectivity index (χ3v) is 8.60. The molecule has 4 rings (SSSR count). The maximum atomic E-state index is 13.2. The highest BCUT2D eigenvalue weighted by Gasteiger charge is 2.30. The Labute approximate surface area is 257 Å². The average Bonchev–Trinajstić information content (AvgIpc) is 3.48. The molecule has 0 bridgehead atoms. The molecule has 2 heterocycles. The molecule has 0 fully saturated rings. The fourth-order valence-corrected chi connectivity index (χ4v) is 5.43. The van der Waals surface area contributed by atoms with E-state index < -0.39 is 35.6 Å². The molecule has 230 valence electrons. The van der Waals surface area contributed by atoms with E-state index in [1.807, 2.05) is 6.07 Å². The minimum atomic E-state index is -4.42. The van der Waals surface area contributed by atoms with E-state index >= 15 is 0 Å². The van der Waals surface area contributed by atoms with Crippen LogP contribution in [-0.4, -0.2) is 38.8 Å². The topological polar surface area (TPSA) is 109 Å². The van der Waals surface area contributed by atoms with Gasteiger partial charge in [0.2, 0.25) is 5.91 Å².